The van der Waals surface area contributed by atoms with Crippen molar-refractivity contribution in [2.45, 2.75) is 45.4 Å². The lowest BCUT2D eigenvalue weighted by Gasteiger charge is -2.16. The highest BCUT2D eigenvalue weighted by Gasteiger charge is 2.45. The van der Waals surface area contributed by atoms with Gasteiger partial charge in [0.1, 0.15) is 5.82 Å². The number of rotatable bonds is 7. The highest BCUT2D eigenvalue weighted by molar-refractivity contribution is 7.11. The Bertz CT molecular complexity index is 760. The van der Waals surface area contributed by atoms with Crippen LogP contribution < -0.4 is 10.6 Å². The standard InChI is InChI=1S/C20H27FN4S/c1-4-22-19(23-12-9-18-25-14(2)15(3)26-18)24-13-20(10-11-20)16-7-5-6-8-17(16)21/h5-8H,4,9-13H2,1-3H3,(H2,22,23,24). The molecule has 0 aliphatic heterocycles. The summed E-state index contributed by atoms with van der Waals surface area (Å²) < 4.78 is 14.1. The van der Waals surface area contributed by atoms with Gasteiger partial charge in [-0.25, -0.2) is 9.37 Å². The second-order valence-electron chi connectivity index (χ2n) is 6.88. The van der Waals surface area contributed by atoms with Crippen LogP contribution in [0.1, 0.15) is 40.9 Å². The Morgan fingerprint density at radius 2 is 2.04 bits per heavy atom. The molecule has 0 saturated heterocycles. The van der Waals surface area contributed by atoms with Gasteiger partial charge in [-0.3, -0.25) is 4.99 Å². The fourth-order valence-corrected chi connectivity index (χ4v) is 3.99. The summed E-state index contributed by atoms with van der Waals surface area (Å²) >= 11 is 1.75. The van der Waals surface area contributed by atoms with Gasteiger partial charge in [0.15, 0.2) is 5.96 Å². The summed E-state index contributed by atoms with van der Waals surface area (Å²) in [7, 11) is 0. The summed E-state index contributed by atoms with van der Waals surface area (Å²) in [6, 6.07) is 7.08. The zero-order valence-electron chi connectivity index (χ0n) is 15.7. The maximum atomic E-state index is 14.1. The molecule has 1 aliphatic rings. The van der Waals surface area contributed by atoms with E-state index in [2.05, 4.69) is 29.5 Å². The number of hydrogen-bond acceptors (Lipinski definition) is 3. The van der Waals surface area contributed by atoms with Crippen molar-refractivity contribution in [2.75, 3.05) is 19.6 Å². The second kappa shape index (κ2) is 8.16. The zero-order valence-corrected chi connectivity index (χ0v) is 16.5. The van der Waals surface area contributed by atoms with Gasteiger partial charge in [0.05, 0.1) is 17.2 Å². The van der Waals surface area contributed by atoms with Gasteiger partial charge in [-0.2, -0.15) is 0 Å². The van der Waals surface area contributed by atoms with Crippen molar-refractivity contribution < 1.29 is 4.39 Å². The van der Waals surface area contributed by atoms with Crippen LogP contribution in [0.25, 0.3) is 0 Å². The molecule has 1 saturated carbocycles. The summed E-state index contributed by atoms with van der Waals surface area (Å²) in [5, 5.41) is 7.80. The molecule has 0 bridgehead atoms. The van der Waals surface area contributed by atoms with Crippen molar-refractivity contribution in [3.8, 4) is 0 Å². The molecule has 1 aromatic carbocycles. The lowest BCUT2D eigenvalue weighted by molar-refractivity contribution is 0.572. The van der Waals surface area contributed by atoms with E-state index in [1.807, 2.05) is 19.1 Å². The third-order valence-corrected chi connectivity index (χ3v) is 6.02. The van der Waals surface area contributed by atoms with Crippen LogP contribution in [-0.2, 0) is 11.8 Å². The van der Waals surface area contributed by atoms with Crippen molar-refractivity contribution in [3.63, 3.8) is 0 Å². The molecule has 3 rings (SSSR count). The number of benzene rings is 1. The molecule has 0 atom stereocenters. The van der Waals surface area contributed by atoms with Crippen LogP contribution in [0.3, 0.4) is 0 Å². The van der Waals surface area contributed by atoms with E-state index in [4.69, 9.17) is 4.99 Å². The third-order valence-electron chi connectivity index (χ3n) is 4.89. The molecule has 1 fully saturated rings. The van der Waals surface area contributed by atoms with E-state index in [1.165, 1.54) is 4.88 Å². The molecule has 2 aromatic rings. The molecule has 26 heavy (non-hydrogen) atoms. The van der Waals surface area contributed by atoms with E-state index in [1.54, 1.807) is 23.5 Å². The quantitative estimate of drug-likeness (QED) is 0.573. The highest BCUT2D eigenvalue weighted by Crippen LogP contribution is 2.49. The van der Waals surface area contributed by atoms with Crippen molar-refractivity contribution in [1.29, 1.82) is 0 Å². The van der Waals surface area contributed by atoms with E-state index in [0.717, 1.165) is 54.6 Å². The first kappa shape index (κ1) is 18.8. The lowest BCUT2D eigenvalue weighted by Crippen LogP contribution is -2.39. The van der Waals surface area contributed by atoms with Crippen LogP contribution in [0.4, 0.5) is 4.39 Å². The van der Waals surface area contributed by atoms with E-state index >= 15 is 0 Å². The average Bonchev–Trinajstić information content (AvgIpc) is 3.33. The summed E-state index contributed by atoms with van der Waals surface area (Å²) in [6.07, 6.45) is 2.87. The van der Waals surface area contributed by atoms with Crippen LogP contribution in [0.5, 0.6) is 0 Å². The monoisotopic (exact) mass is 374 g/mol. The predicted octanol–water partition coefficient (Wildman–Crippen LogP) is 3.73. The minimum absolute atomic E-state index is 0.118. The summed E-state index contributed by atoms with van der Waals surface area (Å²) in [5.74, 6) is 0.674. The largest absolute Gasteiger partial charge is 0.357 e. The van der Waals surface area contributed by atoms with Crippen molar-refractivity contribution in [2.24, 2.45) is 4.99 Å². The molecule has 0 spiro atoms. The number of nitrogens with zero attached hydrogens (tertiary/aromatic N) is 2. The lowest BCUT2D eigenvalue weighted by atomic mass is 9.95. The minimum atomic E-state index is -0.128. The number of aliphatic imine (C=N–C) groups is 1. The number of aryl methyl sites for hydroxylation is 2. The molecule has 140 valence electrons. The van der Waals surface area contributed by atoms with Gasteiger partial charge in [-0.15, -0.1) is 11.3 Å². The first-order chi connectivity index (χ1) is 12.5. The fourth-order valence-electron chi connectivity index (χ4n) is 3.06. The molecule has 0 unspecified atom stereocenters. The van der Waals surface area contributed by atoms with E-state index in [0.29, 0.717) is 6.54 Å². The number of aromatic nitrogens is 1. The van der Waals surface area contributed by atoms with Crippen LogP contribution in [-0.4, -0.2) is 30.6 Å². The molecule has 1 aliphatic carbocycles. The molecule has 0 amide bonds. The molecule has 6 heteroatoms. The average molecular weight is 375 g/mol. The van der Waals surface area contributed by atoms with E-state index in [-0.39, 0.29) is 11.2 Å². The van der Waals surface area contributed by atoms with Gasteiger partial charge >= 0.3 is 0 Å². The minimum Gasteiger partial charge on any atom is -0.357 e. The van der Waals surface area contributed by atoms with Crippen molar-refractivity contribution in [1.82, 2.24) is 15.6 Å². The summed E-state index contributed by atoms with van der Waals surface area (Å²) in [4.78, 5) is 10.6. The smallest absolute Gasteiger partial charge is 0.191 e. The number of hydrogen-bond donors (Lipinski definition) is 2. The Hall–Kier alpha value is -1.95. The maximum Gasteiger partial charge on any atom is 0.191 e. The summed E-state index contributed by atoms with van der Waals surface area (Å²) in [5.41, 5.74) is 1.79. The third kappa shape index (κ3) is 4.41. The Kier molecular flexibility index (Phi) is 5.91. The van der Waals surface area contributed by atoms with Crippen molar-refractivity contribution >= 4 is 17.3 Å². The molecule has 0 radical (unpaired) electrons. The van der Waals surface area contributed by atoms with Gasteiger partial charge in [-0.1, -0.05) is 18.2 Å². The number of thiazole rings is 1. The number of halogens is 1. The van der Waals surface area contributed by atoms with Gasteiger partial charge < -0.3 is 10.6 Å². The van der Waals surface area contributed by atoms with Crippen LogP contribution in [0, 0.1) is 19.7 Å². The first-order valence-corrected chi connectivity index (χ1v) is 10.1. The highest BCUT2D eigenvalue weighted by atomic mass is 32.1. The van der Waals surface area contributed by atoms with E-state index in [9.17, 15) is 4.39 Å². The van der Waals surface area contributed by atoms with Gasteiger partial charge in [-0.05, 0) is 45.2 Å². The second-order valence-corrected chi connectivity index (χ2v) is 8.17. The first-order valence-electron chi connectivity index (χ1n) is 9.24. The Balaban J connectivity index is 1.59. The maximum absolute atomic E-state index is 14.1. The van der Waals surface area contributed by atoms with Crippen LogP contribution >= 0.6 is 11.3 Å². The molecule has 4 nitrogen and oxygen atoms in total. The topological polar surface area (TPSA) is 49.3 Å². The molecule has 1 heterocycles. The summed E-state index contributed by atoms with van der Waals surface area (Å²) in [6.45, 7) is 8.39. The Morgan fingerprint density at radius 1 is 1.27 bits per heavy atom. The molecular formula is C20H27FN4S. The molecule has 2 N–H and O–H groups in total. The Labute approximate surface area is 159 Å². The van der Waals surface area contributed by atoms with Gasteiger partial charge in [0, 0.05) is 29.8 Å². The number of nitrogens with one attached hydrogen (secondary N) is 2. The van der Waals surface area contributed by atoms with Crippen molar-refractivity contribution in [3.05, 3.63) is 51.2 Å². The predicted molar refractivity (Wildman–Crippen MR) is 107 cm³/mol. The Morgan fingerprint density at radius 3 is 2.65 bits per heavy atom. The fraction of sp³-hybridized carbons (Fsp3) is 0.500. The van der Waals surface area contributed by atoms with Gasteiger partial charge in [0.25, 0.3) is 0 Å². The molecule has 1 aromatic heterocycles. The number of guanidine groups is 1. The van der Waals surface area contributed by atoms with E-state index < -0.39 is 0 Å². The normalized spacial score (nSPS) is 15.8. The van der Waals surface area contributed by atoms with Crippen LogP contribution in [0.15, 0.2) is 29.3 Å². The SMILES string of the molecule is CCNC(=NCC1(c2ccccc2F)CC1)NCCc1nc(C)c(C)s1. The van der Waals surface area contributed by atoms with Crippen LogP contribution in [0.2, 0.25) is 0 Å². The van der Waals surface area contributed by atoms with Gasteiger partial charge in [0.2, 0.25) is 0 Å². The zero-order chi connectivity index (χ0) is 18.6. The molecular weight excluding hydrogens is 347 g/mol.